The fourth-order valence-electron chi connectivity index (χ4n) is 4.01. The van der Waals surface area contributed by atoms with Gasteiger partial charge in [-0.15, -0.1) is 11.3 Å². The molecule has 180 valence electrons. The first-order valence-electron chi connectivity index (χ1n) is 11.0. The molecule has 0 aliphatic carbocycles. The normalized spacial score (nSPS) is 13.9. The van der Waals surface area contributed by atoms with Gasteiger partial charge in [0.25, 0.3) is 11.8 Å². The minimum Gasteiger partial charge on any atom is -0.370 e. The number of halogens is 1. The van der Waals surface area contributed by atoms with Crippen LogP contribution < -0.4 is 10.2 Å². The molecule has 4 aromatic rings. The van der Waals surface area contributed by atoms with Crippen molar-refractivity contribution in [3.05, 3.63) is 75.2 Å². The molecule has 1 aromatic carbocycles. The number of hydrogen-bond acceptors (Lipinski definition) is 6. The maximum atomic E-state index is 12.5. The molecule has 1 aliphatic rings. The van der Waals surface area contributed by atoms with Crippen LogP contribution in [-0.2, 0) is 16.1 Å². The van der Waals surface area contributed by atoms with Gasteiger partial charge in [-0.3, -0.25) is 18.7 Å². The summed E-state index contributed by atoms with van der Waals surface area (Å²) in [4.78, 5) is 36.2. The van der Waals surface area contributed by atoms with Gasteiger partial charge in [0, 0.05) is 36.5 Å². The minimum atomic E-state index is -0.202. The molecule has 0 atom stereocenters. The lowest BCUT2D eigenvalue weighted by atomic mass is 10.1. The highest BCUT2D eigenvalue weighted by molar-refractivity contribution is 7.18. The largest absolute Gasteiger partial charge is 0.370 e. The number of benzene rings is 1. The third-order valence-corrected chi connectivity index (χ3v) is 6.97. The third kappa shape index (κ3) is 4.72. The Morgan fingerprint density at radius 2 is 2.09 bits per heavy atom. The average molecular weight is 511 g/mol. The Balaban J connectivity index is 1.46. The van der Waals surface area contributed by atoms with Crippen LogP contribution in [-0.4, -0.2) is 50.7 Å². The second-order valence-electron chi connectivity index (χ2n) is 8.10. The number of ether oxygens (including phenoxy) is 1. The van der Waals surface area contributed by atoms with E-state index in [1.807, 2.05) is 53.6 Å². The maximum absolute atomic E-state index is 12.5. The van der Waals surface area contributed by atoms with E-state index in [0.717, 1.165) is 22.8 Å². The van der Waals surface area contributed by atoms with Crippen LogP contribution in [0.15, 0.2) is 48.9 Å². The van der Waals surface area contributed by atoms with Crippen molar-refractivity contribution in [1.82, 2.24) is 24.4 Å². The van der Waals surface area contributed by atoms with Crippen LogP contribution in [0, 0.1) is 13.8 Å². The Kier molecular flexibility index (Phi) is 6.42. The molecule has 2 amide bonds. The lowest BCUT2D eigenvalue weighted by Crippen LogP contribution is -2.42. The summed E-state index contributed by atoms with van der Waals surface area (Å²) in [5, 5.41) is 2.90. The molecule has 1 fully saturated rings. The summed E-state index contributed by atoms with van der Waals surface area (Å²) in [7, 11) is 0. The highest BCUT2D eigenvalue weighted by Gasteiger charge is 2.22. The molecule has 3 aromatic heterocycles. The number of aryl methyl sites for hydroxylation is 2. The summed E-state index contributed by atoms with van der Waals surface area (Å²) in [5.74, 6) is 1.19. The van der Waals surface area contributed by atoms with E-state index < -0.39 is 0 Å². The molecule has 11 heteroatoms. The molecule has 0 radical (unpaired) electrons. The summed E-state index contributed by atoms with van der Waals surface area (Å²) in [6.07, 6.45) is 5.46. The Labute approximate surface area is 210 Å². The van der Waals surface area contributed by atoms with E-state index >= 15 is 0 Å². The minimum absolute atomic E-state index is 0.0467. The van der Waals surface area contributed by atoms with Gasteiger partial charge in [-0.2, -0.15) is 0 Å². The molecule has 1 saturated heterocycles. The van der Waals surface area contributed by atoms with Gasteiger partial charge < -0.3 is 15.0 Å². The summed E-state index contributed by atoms with van der Waals surface area (Å²) < 4.78 is 9.67. The maximum Gasteiger partial charge on any atom is 0.261 e. The van der Waals surface area contributed by atoms with E-state index in [1.54, 1.807) is 23.2 Å². The van der Waals surface area contributed by atoms with Crippen LogP contribution in [0.2, 0.25) is 4.34 Å². The molecule has 35 heavy (non-hydrogen) atoms. The monoisotopic (exact) mass is 510 g/mol. The Morgan fingerprint density at radius 1 is 1.23 bits per heavy atom. The van der Waals surface area contributed by atoms with E-state index in [4.69, 9.17) is 21.3 Å². The molecule has 9 nitrogen and oxygen atoms in total. The van der Waals surface area contributed by atoms with E-state index in [-0.39, 0.29) is 25.0 Å². The predicted octanol–water partition coefficient (Wildman–Crippen LogP) is 3.68. The third-order valence-electron chi connectivity index (χ3n) is 5.74. The second kappa shape index (κ2) is 9.65. The first kappa shape index (κ1) is 23.3. The van der Waals surface area contributed by atoms with Crippen LogP contribution in [0.25, 0.3) is 11.6 Å². The molecule has 5 rings (SSSR count). The standard InChI is InChI=1S/C24H23ClN6O3S/c1-15-11-18(3-4-19(15)30-9-10-34-14-22(30)32)31-13-17(28-24(31)29-8-7-26-16(29)2)12-27-23(33)20-5-6-21(25)35-20/h3-8,11,13H,9-10,12,14H2,1-2H3,(H,27,33). The van der Waals surface area contributed by atoms with Crippen LogP contribution in [0.1, 0.15) is 26.8 Å². The number of rotatable bonds is 6. The zero-order valence-corrected chi connectivity index (χ0v) is 20.8. The zero-order valence-electron chi connectivity index (χ0n) is 19.2. The summed E-state index contributed by atoms with van der Waals surface area (Å²) in [5.41, 5.74) is 3.40. The van der Waals surface area contributed by atoms with Crippen LogP contribution in [0.3, 0.4) is 0 Å². The van der Waals surface area contributed by atoms with Crippen molar-refractivity contribution in [2.45, 2.75) is 20.4 Å². The quantitative estimate of drug-likeness (QED) is 0.427. The van der Waals surface area contributed by atoms with Crippen molar-refractivity contribution >= 4 is 40.4 Å². The van der Waals surface area contributed by atoms with Crippen molar-refractivity contribution < 1.29 is 14.3 Å². The number of nitrogens with one attached hydrogen (secondary N) is 1. The van der Waals surface area contributed by atoms with Crippen molar-refractivity contribution in [2.24, 2.45) is 0 Å². The van der Waals surface area contributed by atoms with Gasteiger partial charge in [0.1, 0.15) is 12.4 Å². The van der Waals surface area contributed by atoms with Gasteiger partial charge in [0.05, 0.1) is 28.1 Å². The number of amides is 2. The van der Waals surface area contributed by atoms with Crippen LogP contribution in [0.5, 0.6) is 0 Å². The second-order valence-corrected chi connectivity index (χ2v) is 9.82. The van der Waals surface area contributed by atoms with Gasteiger partial charge in [-0.1, -0.05) is 11.6 Å². The molecule has 0 bridgehead atoms. The molecule has 4 heterocycles. The molecular weight excluding hydrogens is 488 g/mol. The Bertz CT molecular complexity index is 1410. The highest BCUT2D eigenvalue weighted by Crippen LogP contribution is 2.27. The van der Waals surface area contributed by atoms with E-state index in [0.29, 0.717) is 34.0 Å². The number of imidazole rings is 2. The number of carbonyl (C=O) groups is 2. The first-order valence-corrected chi connectivity index (χ1v) is 12.2. The van der Waals surface area contributed by atoms with Gasteiger partial charge >= 0.3 is 0 Å². The Hall–Kier alpha value is -3.47. The fourth-order valence-corrected chi connectivity index (χ4v) is 4.97. The number of thiophene rings is 1. The SMILES string of the molecule is Cc1cc(-n2cc(CNC(=O)c3ccc(Cl)s3)nc2-n2ccnc2C)ccc1N1CCOCC1=O. The summed E-state index contributed by atoms with van der Waals surface area (Å²) in [6, 6.07) is 9.32. The number of hydrogen-bond donors (Lipinski definition) is 1. The van der Waals surface area contributed by atoms with E-state index in [2.05, 4.69) is 10.3 Å². The lowest BCUT2D eigenvalue weighted by Gasteiger charge is -2.28. The number of aromatic nitrogens is 4. The summed E-state index contributed by atoms with van der Waals surface area (Å²) in [6.45, 7) is 5.28. The molecule has 1 N–H and O–H groups in total. The lowest BCUT2D eigenvalue weighted by molar-refractivity contribution is -0.125. The van der Waals surface area contributed by atoms with Gasteiger partial charge in [0.15, 0.2) is 0 Å². The van der Waals surface area contributed by atoms with Crippen molar-refractivity contribution in [3.63, 3.8) is 0 Å². The summed E-state index contributed by atoms with van der Waals surface area (Å²) >= 11 is 7.18. The molecule has 1 aliphatic heterocycles. The Morgan fingerprint density at radius 3 is 2.77 bits per heavy atom. The first-order chi connectivity index (χ1) is 16.9. The van der Waals surface area contributed by atoms with Gasteiger partial charge in [-0.05, 0) is 49.7 Å². The number of carbonyl (C=O) groups excluding carboxylic acids is 2. The van der Waals surface area contributed by atoms with Crippen LogP contribution in [0.4, 0.5) is 5.69 Å². The number of morpholine rings is 1. The van der Waals surface area contributed by atoms with Crippen molar-refractivity contribution in [2.75, 3.05) is 24.7 Å². The van der Waals surface area contributed by atoms with Crippen LogP contribution >= 0.6 is 22.9 Å². The van der Waals surface area contributed by atoms with Gasteiger partial charge in [0.2, 0.25) is 5.95 Å². The van der Waals surface area contributed by atoms with Gasteiger partial charge in [-0.25, -0.2) is 9.97 Å². The molecule has 0 saturated carbocycles. The zero-order chi connectivity index (χ0) is 24.5. The fraction of sp³-hybridized carbons (Fsp3) is 0.250. The average Bonchev–Trinajstić information content (AvgIpc) is 3.57. The topological polar surface area (TPSA) is 94.3 Å². The van der Waals surface area contributed by atoms with E-state index in [9.17, 15) is 9.59 Å². The molecule has 0 spiro atoms. The highest BCUT2D eigenvalue weighted by atomic mass is 35.5. The molecule has 0 unspecified atom stereocenters. The van der Waals surface area contributed by atoms with Crippen molar-refractivity contribution in [1.29, 1.82) is 0 Å². The smallest absolute Gasteiger partial charge is 0.261 e. The molecular formula is C24H23ClN6O3S. The van der Waals surface area contributed by atoms with E-state index in [1.165, 1.54) is 11.3 Å². The number of anilines is 1. The van der Waals surface area contributed by atoms with Crippen molar-refractivity contribution in [3.8, 4) is 11.6 Å². The number of nitrogens with zero attached hydrogens (tertiary/aromatic N) is 5. The predicted molar refractivity (Wildman–Crippen MR) is 134 cm³/mol.